The molecule has 1 amide bonds. The van der Waals surface area contributed by atoms with Gasteiger partial charge in [-0.3, -0.25) is 4.79 Å². The molecule has 0 radical (unpaired) electrons. The van der Waals surface area contributed by atoms with Crippen molar-refractivity contribution >= 4 is 11.6 Å². The molecular formula is C21H23N3O2. The molecule has 1 saturated heterocycles. The zero-order valence-corrected chi connectivity index (χ0v) is 14.7. The van der Waals surface area contributed by atoms with Gasteiger partial charge < -0.3 is 15.3 Å². The van der Waals surface area contributed by atoms with E-state index in [1.165, 1.54) is 5.56 Å². The molecule has 0 bridgehead atoms. The Hall–Kier alpha value is -2.84. The first-order valence-corrected chi connectivity index (χ1v) is 8.96. The van der Waals surface area contributed by atoms with Crippen molar-refractivity contribution in [1.29, 1.82) is 5.26 Å². The number of nitrogens with one attached hydrogen (secondary N) is 1. The van der Waals surface area contributed by atoms with E-state index < -0.39 is 0 Å². The van der Waals surface area contributed by atoms with Gasteiger partial charge in [-0.1, -0.05) is 24.3 Å². The molecule has 3 rings (SSSR count). The van der Waals surface area contributed by atoms with Gasteiger partial charge in [0.1, 0.15) is 11.8 Å². The van der Waals surface area contributed by atoms with E-state index in [2.05, 4.69) is 16.3 Å². The van der Waals surface area contributed by atoms with E-state index >= 15 is 0 Å². The molecular weight excluding hydrogens is 326 g/mol. The standard InChI is InChI=1S/C21H23N3O2/c22-15-18-3-1-2-4-20(18)23-21(26)11-14-24-12-9-17(10-13-24)16-5-7-19(25)8-6-16/h1-8,17,25H,9-14H2,(H,23,26). The highest BCUT2D eigenvalue weighted by molar-refractivity contribution is 5.92. The Balaban J connectivity index is 1.44. The number of phenolic OH excluding ortho intramolecular Hbond substituents is 1. The van der Waals surface area contributed by atoms with Gasteiger partial charge in [0.05, 0.1) is 11.3 Å². The van der Waals surface area contributed by atoms with Crippen molar-refractivity contribution < 1.29 is 9.90 Å². The molecule has 5 nitrogen and oxygen atoms in total. The van der Waals surface area contributed by atoms with Crippen LogP contribution in [0.5, 0.6) is 5.75 Å². The number of benzene rings is 2. The molecule has 1 heterocycles. The second-order valence-electron chi connectivity index (χ2n) is 6.66. The SMILES string of the molecule is N#Cc1ccccc1NC(=O)CCN1CCC(c2ccc(O)cc2)CC1. The van der Waals surface area contributed by atoms with E-state index in [0.717, 1.165) is 32.5 Å². The van der Waals surface area contributed by atoms with Crippen LogP contribution in [0.3, 0.4) is 0 Å². The monoisotopic (exact) mass is 349 g/mol. The van der Waals surface area contributed by atoms with Crippen molar-refractivity contribution in [2.24, 2.45) is 0 Å². The minimum atomic E-state index is -0.0617. The number of piperidine rings is 1. The van der Waals surface area contributed by atoms with Crippen molar-refractivity contribution in [2.75, 3.05) is 25.0 Å². The molecule has 0 atom stereocenters. The number of aromatic hydroxyl groups is 1. The summed E-state index contributed by atoms with van der Waals surface area (Å²) in [5, 5.41) is 21.3. The molecule has 1 fully saturated rings. The Kier molecular flexibility index (Phi) is 5.88. The summed E-state index contributed by atoms with van der Waals surface area (Å²) in [4.78, 5) is 14.5. The molecule has 1 aliphatic rings. The maximum atomic E-state index is 12.2. The van der Waals surface area contributed by atoms with Gasteiger partial charge in [0.25, 0.3) is 0 Å². The Labute approximate surface area is 153 Å². The maximum Gasteiger partial charge on any atom is 0.225 e. The molecule has 0 aromatic heterocycles. The van der Waals surface area contributed by atoms with Crippen LogP contribution < -0.4 is 5.32 Å². The van der Waals surface area contributed by atoms with Crippen molar-refractivity contribution in [1.82, 2.24) is 4.90 Å². The van der Waals surface area contributed by atoms with E-state index in [-0.39, 0.29) is 5.91 Å². The Morgan fingerprint density at radius 2 is 1.85 bits per heavy atom. The highest BCUT2D eigenvalue weighted by Crippen LogP contribution is 2.29. The summed E-state index contributed by atoms with van der Waals surface area (Å²) >= 11 is 0. The second-order valence-corrected chi connectivity index (χ2v) is 6.66. The van der Waals surface area contributed by atoms with E-state index in [1.54, 1.807) is 30.3 Å². The van der Waals surface area contributed by atoms with Gasteiger partial charge in [-0.15, -0.1) is 0 Å². The number of hydrogen-bond acceptors (Lipinski definition) is 4. The van der Waals surface area contributed by atoms with Crippen LogP contribution in [0.4, 0.5) is 5.69 Å². The molecule has 0 unspecified atom stereocenters. The smallest absolute Gasteiger partial charge is 0.225 e. The Morgan fingerprint density at radius 1 is 1.15 bits per heavy atom. The number of carbonyl (C=O) groups is 1. The summed E-state index contributed by atoms with van der Waals surface area (Å²) in [6, 6.07) is 16.6. The molecule has 2 N–H and O–H groups in total. The fourth-order valence-electron chi connectivity index (χ4n) is 3.40. The number of anilines is 1. The number of nitriles is 1. The van der Waals surface area contributed by atoms with Crippen LogP contribution in [0.1, 0.15) is 36.3 Å². The number of amides is 1. The van der Waals surface area contributed by atoms with Gasteiger partial charge >= 0.3 is 0 Å². The minimum absolute atomic E-state index is 0.0617. The van der Waals surface area contributed by atoms with Gasteiger partial charge in [0.2, 0.25) is 5.91 Å². The molecule has 2 aromatic carbocycles. The molecule has 1 aliphatic heterocycles. The molecule has 26 heavy (non-hydrogen) atoms. The number of likely N-dealkylation sites (tertiary alicyclic amines) is 1. The molecule has 0 saturated carbocycles. The van der Waals surface area contributed by atoms with Crippen molar-refractivity contribution in [3.8, 4) is 11.8 Å². The van der Waals surface area contributed by atoms with E-state index in [9.17, 15) is 9.90 Å². The van der Waals surface area contributed by atoms with Crippen LogP contribution >= 0.6 is 0 Å². The van der Waals surface area contributed by atoms with Crippen LogP contribution in [0.15, 0.2) is 48.5 Å². The van der Waals surface area contributed by atoms with E-state index in [1.807, 2.05) is 18.2 Å². The van der Waals surface area contributed by atoms with Crippen LogP contribution in [-0.4, -0.2) is 35.5 Å². The molecule has 5 heteroatoms. The van der Waals surface area contributed by atoms with Crippen molar-refractivity contribution in [3.05, 3.63) is 59.7 Å². The van der Waals surface area contributed by atoms with Crippen molar-refractivity contribution in [2.45, 2.75) is 25.2 Å². The van der Waals surface area contributed by atoms with Gasteiger partial charge in [-0.05, 0) is 61.7 Å². The number of carbonyl (C=O) groups excluding carboxylic acids is 1. The average Bonchev–Trinajstić information content (AvgIpc) is 2.68. The zero-order valence-electron chi connectivity index (χ0n) is 14.7. The number of para-hydroxylation sites is 1. The number of hydrogen-bond donors (Lipinski definition) is 2. The predicted molar refractivity (Wildman–Crippen MR) is 101 cm³/mol. The molecule has 134 valence electrons. The average molecular weight is 349 g/mol. The normalized spacial score (nSPS) is 15.3. The lowest BCUT2D eigenvalue weighted by Crippen LogP contribution is -2.35. The van der Waals surface area contributed by atoms with E-state index in [4.69, 9.17) is 5.26 Å². The fraction of sp³-hybridized carbons (Fsp3) is 0.333. The first kappa shape index (κ1) is 18.0. The van der Waals surface area contributed by atoms with Crippen LogP contribution in [0.2, 0.25) is 0 Å². The number of nitrogens with zero attached hydrogens (tertiary/aromatic N) is 2. The largest absolute Gasteiger partial charge is 0.508 e. The fourth-order valence-corrected chi connectivity index (χ4v) is 3.40. The lowest BCUT2D eigenvalue weighted by molar-refractivity contribution is -0.116. The second kappa shape index (κ2) is 8.50. The molecule has 2 aromatic rings. The number of rotatable bonds is 5. The number of phenols is 1. The minimum Gasteiger partial charge on any atom is -0.508 e. The summed E-state index contributed by atoms with van der Waals surface area (Å²) in [7, 11) is 0. The van der Waals surface area contributed by atoms with Gasteiger partial charge in [0.15, 0.2) is 0 Å². The van der Waals surface area contributed by atoms with Crippen LogP contribution in [-0.2, 0) is 4.79 Å². The summed E-state index contributed by atoms with van der Waals surface area (Å²) in [5.41, 5.74) is 2.33. The molecule has 0 spiro atoms. The lowest BCUT2D eigenvalue weighted by Gasteiger charge is -2.32. The van der Waals surface area contributed by atoms with Crippen molar-refractivity contribution in [3.63, 3.8) is 0 Å². The van der Waals surface area contributed by atoms with Crippen LogP contribution in [0, 0.1) is 11.3 Å². The summed E-state index contributed by atoms with van der Waals surface area (Å²) < 4.78 is 0. The third-order valence-electron chi connectivity index (χ3n) is 4.93. The quantitative estimate of drug-likeness (QED) is 0.866. The Morgan fingerprint density at radius 3 is 2.54 bits per heavy atom. The topological polar surface area (TPSA) is 76.4 Å². The highest BCUT2D eigenvalue weighted by atomic mass is 16.3. The van der Waals surface area contributed by atoms with Gasteiger partial charge in [0, 0.05) is 13.0 Å². The molecule has 0 aliphatic carbocycles. The van der Waals surface area contributed by atoms with E-state index in [0.29, 0.717) is 29.3 Å². The Bertz CT molecular complexity index is 788. The van der Waals surface area contributed by atoms with Gasteiger partial charge in [-0.25, -0.2) is 0 Å². The highest BCUT2D eigenvalue weighted by Gasteiger charge is 2.21. The third-order valence-corrected chi connectivity index (χ3v) is 4.93. The third kappa shape index (κ3) is 4.62. The maximum absolute atomic E-state index is 12.2. The lowest BCUT2D eigenvalue weighted by atomic mass is 9.89. The zero-order chi connectivity index (χ0) is 18.4. The predicted octanol–water partition coefficient (Wildman–Crippen LogP) is 3.47. The van der Waals surface area contributed by atoms with Gasteiger partial charge in [-0.2, -0.15) is 5.26 Å². The first-order chi connectivity index (χ1) is 12.7. The summed E-state index contributed by atoms with van der Waals surface area (Å²) in [6.45, 7) is 2.66. The first-order valence-electron chi connectivity index (χ1n) is 8.96. The summed E-state index contributed by atoms with van der Waals surface area (Å²) in [6.07, 6.45) is 2.54. The summed E-state index contributed by atoms with van der Waals surface area (Å²) in [5.74, 6) is 0.756. The van der Waals surface area contributed by atoms with Crippen LogP contribution in [0.25, 0.3) is 0 Å².